The molecule has 0 saturated carbocycles. The summed E-state index contributed by atoms with van der Waals surface area (Å²) < 4.78 is 1.15. The number of aromatic nitrogens is 1. The minimum Gasteiger partial charge on any atom is -0.360 e. The van der Waals surface area contributed by atoms with E-state index in [1.54, 1.807) is 0 Å². The van der Waals surface area contributed by atoms with Crippen molar-refractivity contribution in [3.05, 3.63) is 34.4 Å². The van der Waals surface area contributed by atoms with Crippen molar-refractivity contribution in [2.45, 2.75) is 25.8 Å². The van der Waals surface area contributed by atoms with E-state index >= 15 is 0 Å². The number of fused-ring (bicyclic) bond motifs is 1. The van der Waals surface area contributed by atoms with Crippen LogP contribution in [0.5, 0.6) is 0 Å². The second kappa shape index (κ2) is 4.83. The third kappa shape index (κ3) is 2.26. The molecule has 1 saturated heterocycles. The van der Waals surface area contributed by atoms with Gasteiger partial charge in [-0.25, -0.2) is 0 Å². The molecule has 0 aliphatic carbocycles. The van der Waals surface area contributed by atoms with Crippen LogP contribution in [0.1, 0.15) is 24.8 Å². The predicted octanol–water partition coefficient (Wildman–Crippen LogP) is 3.92. The summed E-state index contributed by atoms with van der Waals surface area (Å²) in [7, 11) is 0. The van der Waals surface area contributed by atoms with Gasteiger partial charge in [-0.05, 0) is 53.5 Å². The zero-order valence-corrected chi connectivity index (χ0v) is 11.5. The first-order valence-electron chi connectivity index (χ1n) is 6.31. The molecule has 0 atom stereocenters. The van der Waals surface area contributed by atoms with Gasteiger partial charge in [0.25, 0.3) is 0 Å². The zero-order chi connectivity index (χ0) is 11.7. The average molecular weight is 293 g/mol. The molecule has 1 N–H and O–H groups in total. The molecule has 3 heteroatoms. The summed E-state index contributed by atoms with van der Waals surface area (Å²) in [6, 6.07) is 6.40. The molecule has 3 rings (SSSR count). The van der Waals surface area contributed by atoms with Crippen LogP contribution in [0, 0.1) is 0 Å². The quantitative estimate of drug-likeness (QED) is 0.889. The van der Waals surface area contributed by atoms with Crippen LogP contribution in [0.25, 0.3) is 10.9 Å². The smallest absolute Gasteiger partial charge is 0.0601 e. The van der Waals surface area contributed by atoms with Crippen LogP contribution in [-0.4, -0.2) is 23.0 Å². The van der Waals surface area contributed by atoms with Crippen molar-refractivity contribution in [3.8, 4) is 0 Å². The van der Waals surface area contributed by atoms with Crippen LogP contribution in [0.15, 0.2) is 28.9 Å². The summed E-state index contributed by atoms with van der Waals surface area (Å²) in [5.74, 6) is 0. The Morgan fingerprint density at radius 3 is 2.82 bits per heavy atom. The fraction of sp³-hybridized carbons (Fsp3) is 0.429. The molecule has 1 aromatic carbocycles. The number of aromatic amines is 1. The number of rotatable bonds is 2. The predicted molar refractivity (Wildman–Crippen MR) is 75.1 cm³/mol. The van der Waals surface area contributed by atoms with Gasteiger partial charge in [0.2, 0.25) is 0 Å². The van der Waals surface area contributed by atoms with Gasteiger partial charge >= 0.3 is 0 Å². The Labute approximate surface area is 110 Å². The highest BCUT2D eigenvalue weighted by Gasteiger charge is 2.13. The maximum Gasteiger partial charge on any atom is 0.0601 e. The molecule has 0 bridgehead atoms. The van der Waals surface area contributed by atoms with Gasteiger partial charge in [-0.15, -0.1) is 0 Å². The summed E-state index contributed by atoms with van der Waals surface area (Å²) in [6.45, 7) is 3.58. The topological polar surface area (TPSA) is 19.0 Å². The number of para-hydroxylation sites is 1. The molecule has 1 fully saturated rings. The third-order valence-electron chi connectivity index (χ3n) is 3.59. The fourth-order valence-corrected chi connectivity index (χ4v) is 3.15. The second-order valence-corrected chi connectivity index (χ2v) is 5.67. The maximum absolute atomic E-state index is 3.59. The lowest BCUT2D eigenvalue weighted by Crippen LogP contribution is -2.28. The van der Waals surface area contributed by atoms with Crippen LogP contribution in [-0.2, 0) is 6.54 Å². The molecule has 0 radical (unpaired) electrons. The molecule has 2 aromatic rings. The minimum absolute atomic E-state index is 1.08. The molecule has 0 unspecified atom stereocenters. The van der Waals surface area contributed by atoms with Gasteiger partial charge in [0.15, 0.2) is 0 Å². The van der Waals surface area contributed by atoms with Crippen LogP contribution in [0.4, 0.5) is 0 Å². The van der Waals surface area contributed by atoms with Crippen molar-refractivity contribution >= 4 is 26.8 Å². The van der Waals surface area contributed by atoms with E-state index in [1.807, 2.05) is 0 Å². The number of halogens is 1. The van der Waals surface area contributed by atoms with Crippen molar-refractivity contribution in [1.82, 2.24) is 9.88 Å². The normalized spacial score (nSPS) is 17.7. The summed E-state index contributed by atoms with van der Waals surface area (Å²) in [5.41, 5.74) is 2.64. The largest absolute Gasteiger partial charge is 0.360 e. The number of benzene rings is 1. The molecule has 90 valence electrons. The molecular weight excluding hydrogens is 276 g/mol. The van der Waals surface area contributed by atoms with Crippen molar-refractivity contribution in [2.24, 2.45) is 0 Å². The molecule has 17 heavy (non-hydrogen) atoms. The Kier molecular flexibility index (Phi) is 3.21. The Morgan fingerprint density at radius 2 is 2.00 bits per heavy atom. The van der Waals surface area contributed by atoms with Crippen LogP contribution >= 0.6 is 15.9 Å². The van der Waals surface area contributed by atoms with Gasteiger partial charge in [-0.2, -0.15) is 0 Å². The summed E-state index contributed by atoms with van der Waals surface area (Å²) in [5, 5.41) is 1.35. The van der Waals surface area contributed by atoms with Crippen molar-refractivity contribution in [1.29, 1.82) is 0 Å². The monoisotopic (exact) mass is 292 g/mol. The van der Waals surface area contributed by atoms with Gasteiger partial charge in [0.1, 0.15) is 0 Å². The van der Waals surface area contributed by atoms with E-state index in [1.165, 1.54) is 48.8 Å². The van der Waals surface area contributed by atoms with Gasteiger partial charge in [-0.3, -0.25) is 4.90 Å². The summed E-state index contributed by atoms with van der Waals surface area (Å²) in [4.78, 5) is 5.94. The lowest BCUT2D eigenvalue weighted by atomic mass is 10.1. The molecular formula is C14H17BrN2. The van der Waals surface area contributed by atoms with Gasteiger partial charge < -0.3 is 4.98 Å². The number of hydrogen-bond donors (Lipinski definition) is 1. The van der Waals surface area contributed by atoms with E-state index in [2.05, 4.69) is 50.2 Å². The van der Waals surface area contributed by atoms with Crippen LogP contribution in [0.3, 0.4) is 0 Å². The first-order chi connectivity index (χ1) is 8.34. The zero-order valence-electron chi connectivity index (χ0n) is 9.88. The fourth-order valence-electron chi connectivity index (χ4n) is 2.66. The highest BCUT2D eigenvalue weighted by Crippen LogP contribution is 2.26. The van der Waals surface area contributed by atoms with E-state index in [0.717, 1.165) is 11.0 Å². The van der Waals surface area contributed by atoms with Gasteiger partial charge in [-0.1, -0.05) is 18.6 Å². The van der Waals surface area contributed by atoms with Crippen molar-refractivity contribution in [2.75, 3.05) is 13.1 Å². The molecule has 1 aliphatic heterocycles. The first kappa shape index (κ1) is 11.3. The highest BCUT2D eigenvalue weighted by molar-refractivity contribution is 9.10. The molecule has 2 nitrogen and oxygen atoms in total. The van der Waals surface area contributed by atoms with Gasteiger partial charge in [0.05, 0.1) is 5.52 Å². The standard InChI is InChI=1S/C14H17BrN2/c15-13-6-4-5-12-11(9-16-14(12)13)10-17-7-2-1-3-8-17/h4-6,9,16H,1-3,7-8,10H2. The number of H-pyrrole nitrogens is 1. The van der Waals surface area contributed by atoms with E-state index in [0.29, 0.717) is 0 Å². The molecule has 0 amide bonds. The Morgan fingerprint density at radius 1 is 1.18 bits per heavy atom. The van der Waals surface area contributed by atoms with Gasteiger partial charge in [0, 0.05) is 22.6 Å². The van der Waals surface area contributed by atoms with Crippen molar-refractivity contribution in [3.63, 3.8) is 0 Å². The summed E-state index contributed by atoms with van der Waals surface area (Å²) in [6.07, 6.45) is 6.26. The van der Waals surface area contributed by atoms with Crippen LogP contribution < -0.4 is 0 Å². The molecule has 2 heterocycles. The molecule has 1 aromatic heterocycles. The SMILES string of the molecule is Brc1cccc2c(CN3CCCCC3)c[nH]c12. The number of hydrogen-bond acceptors (Lipinski definition) is 1. The molecule has 0 spiro atoms. The average Bonchev–Trinajstić information content (AvgIpc) is 2.76. The number of nitrogens with one attached hydrogen (secondary N) is 1. The van der Waals surface area contributed by atoms with E-state index in [-0.39, 0.29) is 0 Å². The van der Waals surface area contributed by atoms with E-state index < -0.39 is 0 Å². The maximum atomic E-state index is 3.59. The van der Waals surface area contributed by atoms with E-state index in [4.69, 9.17) is 0 Å². The minimum atomic E-state index is 1.08. The van der Waals surface area contributed by atoms with Crippen molar-refractivity contribution < 1.29 is 0 Å². The summed E-state index contributed by atoms with van der Waals surface area (Å²) >= 11 is 3.59. The van der Waals surface area contributed by atoms with Crippen LogP contribution in [0.2, 0.25) is 0 Å². The first-order valence-corrected chi connectivity index (χ1v) is 7.11. The highest BCUT2D eigenvalue weighted by atomic mass is 79.9. The Bertz CT molecular complexity index is 512. The van der Waals surface area contributed by atoms with E-state index in [9.17, 15) is 0 Å². The number of nitrogens with zero attached hydrogens (tertiary/aromatic N) is 1. The Hall–Kier alpha value is -0.800. The third-order valence-corrected chi connectivity index (χ3v) is 4.25. The lowest BCUT2D eigenvalue weighted by molar-refractivity contribution is 0.221. The Balaban J connectivity index is 1.87. The lowest BCUT2D eigenvalue weighted by Gasteiger charge is -2.26. The number of likely N-dealkylation sites (tertiary alicyclic amines) is 1. The second-order valence-electron chi connectivity index (χ2n) is 4.81. The number of piperidine rings is 1. The molecule has 1 aliphatic rings.